The lowest BCUT2D eigenvalue weighted by Gasteiger charge is -2.23. The van der Waals surface area contributed by atoms with Gasteiger partial charge in [0.1, 0.15) is 11.8 Å². The van der Waals surface area contributed by atoms with E-state index in [9.17, 15) is 19.5 Å². The number of benzene rings is 1. The van der Waals surface area contributed by atoms with E-state index in [4.69, 9.17) is 9.84 Å². The number of amides is 1. The van der Waals surface area contributed by atoms with Gasteiger partial charge < -0.3 is 24.7 Å². The molecule has 0 aromatic heterocycles. The van der Waals surface area contributed by atoms with Crippen LogP contribution < -0.4 is 10.1 Å². The molecular formula is C19H30BrN2O6+. The van der Waals surface area contributed by atoms with Gasteiger partial charge >= 0.3 is 11.9 Å². The number of quaternary nitrogens is 1. The molecule has 0 radical (unpaired) electrons. The van der Waals surface area contributed by atoms with Crippen LogP contribution in [-0.4, -0.2) is 72.9 Å². The Hall–Kier alpha value is -2.13. The van der Waals surface area contributed by atoms with Gasteiger partial charge in [0.15, 0.2) is 0 Å². The smallest absolute Gasteiger partial charge is 0.326 e. The average Bonchev–Trinajstić information content (AvgIpc) is 2.57. The minimum atomic E-state index is -1.27. The van der Waals surface area contributed by atoms with Gasteiger partial charge in [-0.2, -0.15) is 0 Å². The molecule has 0 bridgehead atoms. The van der Waals surface area contributed by atoms with Crippen LogP contribution in [0.1, 0.15) is 36.0 Å². The summed E-state index contributed by atoms with van der Waals surface area (Å²) in [6, 6.07) is 5.32. The highest BCUT2D eigenvalue weighted by molar-refractivity contribution is 8.93. The zero-order valence-corrected chi connectivity index (χ0v) is 18.2. The highest BCUT2D eigenvalue weighted by Gasteiger charge is 2.23. The first-order valence-corrected chi connectivity index (χ1v) is 8.88. The van der Waals surface area contributed by atoms with Crippen LogP contribution in [0.4, 0.5) is 0 Å². The normalized spacial score (nSPS) is 11.8. The summed E-state index contributed by atoms with van der Waals surface area (Å²) in [4.78, 5) is 34.3. The van der Waals surface area contributed by atoms with Crippen LogP contribution in [0.15, 0.2) is 24.3 Å². The van der Waals surface area contributed by atoms with Crippen molar-refractivity contribution in [2.24, 2.45) is 0 Å². The lowest BCUT2D eigenvalue weighted by atomic mass is 10.1. The number of hydrogen-bond acceptors (Lipinski definition) is 4. The van der Waals surface area contributed by atoms with Crippen molar-refractivity contribution in [3.63, 3.8) is 0 Å². The molecule has 0 spiro atoms. The maximum atomic E-state index is 12.4. The molecule has 0 saturated heterocycles. The predicted molar refractivity (Wildman–Crippen MR) is 110 cm³/mol. The molecule has 0 heterocycles. The third-order valence-electron chi connectivity index (χ3n) is 3.86. The van der Waals surface area contributed by atoms with Crippen molar-refractivity contribution in [2.45, 2.75) is 31.7 Å². The van der Waals surface area contributed by atoms with Gasteiger partial charge in [0.25, 0.3) is 5.91 Å². The second-order valence-corrected chi connectivity index (χ2v) is 7.36. The molecule has 28 heavy (non-hydrogen) atoms. The summed E-state index contributed by atoms with van der Waals surface area (Å²) < 4.78 is 6.57. The number of nitrogens with one attached hydrogen (secondary N) is 1. The van der Waals surface area contributed by atoms with E-state index in [1.165, 1.54) is 0 Å². The number of hydrogen-bond donors (Lipinski definition) is 3. The van der Waals surface area contributed by atoms with Gasteiger partial charge in [0.05, 0.1) is 39.9 Å². The van der Waals surface area contributed by atoms with Gasteiger partial charge in [0.2, 0.25) is 0 Å². The number of carbonyl (C=O) groups excluding carboxylic acids is 1. The maximum Gasteiger partial charge on any atom is 0.326 e. The molecule has 9 heteroatoms. The molecule has 0 unspecified atom stereocenters. The van der Waals surface area contributed by atoms with Gasteiger partial charge in [0, 0.05) is 6.42 Å². The minimum absolute atomic E-state index is 0. The molecule has 0 aliphatic rings. The van der Waals surface area contributed by atoms with E-state index in [0.717, 1.165) is 23.9 Å². The summed E-state index contributed by atoms with van der Waals surface area (Å²) in [6.45, 7) is 1.46. The Balaban J connectivity index is 0.00000729. The molecule has 1 aromatic carbocycles. The first-order valence-electron chi connectivity index (χ1n) is 8.88. The summed E-state index contributed by atoms with van der Waals surface area (Å²) in [5.74, 6) is -2.62. The molecule has 1 rings (SSSR count). The zero-order valence-electron chi connectivity index (χ0n) is 16.5. The Labute approximate surface area is 175 Å². The van der Waals surface area contributed by atoms with Gasteiger partial charge in [-0.3, -0.25) is 9.59 Å². The van der Waals surface area contributed by atoms with E-state index in [1.807, 2.05) is 0 Å². The standard InChI is InChI=1S/C19H28N2O6.BrH/c1-21(2,3)12-6-7-13-27-16-9-5-4-8-14(16)18(24)20-15(19(25)26)10-11-17(22)23;/h4-5,8-9,15H,6-7,10-13H2,1-3H3,(H2-,20,22,23,24,25,26);1H/p+1/t15-;/m0./s1. The molecular weight excluding hydrogens is 432 g/mol. The van der Waals surface area contributed by atoms with Gasteiger partial charge in [-0.15, -0.1) is 17.0 Å². The summed E-state index contributed by atoms with van der Waals surface area (Å²) >= 11 is 0. The minimum Gasteiger partial charge on any atom is -0.493 e. The summed E-state index contributed by atoms with van der Waals surface area (Å²) in [7, 11) is 6.34. The molecule has 0 fully saturated rings. The number of ether oxygens (including phenoxy) is 1. The van der Waals surface area contributed by atoms with Crippen LogP contribution >= 0.6 is 17.0 Å². The molecule has 8 nitrogen and oxygen atoms in total. The molecule has 1 atom stereocenters. The Kier molecular flexibility index (Phi) is 11.4. The lowest BCUT2D eigenvalue weighted by molar-refractivity contribution is -0.870. The Morgan fingerprint density at radius 1 is 1.11 bits per heavy atom. The van der Waals surface area contributed by atoms with Crippen LogP contribution in [0, 0.1) is 0 Å². The Morgan fingerprint density at radius 2 is 1.75 bits per heavy atom. The summed E-state index contributed by atoms with van der Waals surface area (Å²) in [5, 5.41) is 20.2. The van der Waals surface area contributed by atoms with E-state index < -0.39 is 23.9 Å². The monoisotopic (exact) mass is 461 g/mol. The van der Waals surface area contributed by atoms with Crippen LogP contribution in [0.3, 0.4) is 0 Å². The third kappa shape index (κ3) is 10.3. The SMILES string of the molecule is Br.C[N+](C)(C)CCCCOc1ccccc1C(=O)N[C@@H](CCC(=O)O)C(=O)O. The summed E-state index contributed by atoms with van der Waals surface area (Å²) in [5.41, 5.74) is 0.227. The molecule has 1 amide bonds. The van der Waals surface area contributed by atoms with Crippen molar-refractivity contribution in [3.8, 4) is 5.75 Å². The molecule has 0 aliphatic carbocycles. The predicted octanol–water partition coefficient (Wildman–Crippen LogP) is 2.18. The largest absolute Gasteiger partial charge is 0.493 e. The second kappa shape index (κ2) is 12.4. The number of aliphatic carboxylic acids is 2. The van der Waals surface area contributed by atoms with E-state index in [-0.39, 0.29) is 35.4 Å². The first kappa shape index (κ1) is 25.9. The third-order valence-corrected chi connectivity index (χ3v) is 3.86. The van der Waals surface area contributed by atoms with Crippen LogP contribution in [-0.2, 0) is 9.59 Å². The fourth-order valence-electron chi connectivity index (χ4n) is 2.41. The van der Waals surface area contributed by atoms with Crippen LogP contribution in [0.2, 0.25) is 0 Å². The topological polar surface area (TPSA) is 113 Å². The molecule has 0 aliphatic heterocycles. The van der Waals surface area contributed by atoms with E-state index in [1.54, 1.807) is 24.3 Å². The van der Waals surface area contributed by atoms with E-state index >= 15 is 0 Å². The zero-order chi connectivity index (χ0) is 20.4. The van der Waals surface area contributed by atoms with Crippen molar-refractivity contribution in [2.75, 3.05) is 34.3 Å². The summed E-state index contributed by atoms with van der Waals surface area (Å²) in [6.07, 6.45) is 1.28. The van der Waals surface area contributed by atoms with Gasteiger partial charge in [-0.05, 0) is 31.4 Å². The fourth-order valence-corrected chi connectivity index (χ4v) is 2.41. The first-order chi connectivity index (χ1) is 12.6. The van der Waals surface area contributed by atoms with E-state index in [0.29, 0.717) is 12.4 Å². The highest BCUT2D eigenvalue weighted by Crippen LogP contribution is 2.19. The molecule has 0 saturated carbocycles. The van der Waals surface area contributed by atoms with Crippen LogP contribution in [0.25, 0.3) is 0 Å². The van der Waals surface area contributed by atoms with Crippen molar-refractivity contribution in [1.29, 1.82) is 0 Å². The quantitative estimate of drug-likeness (QED) is 0.324. The van der Waals surface area contributed by atoms with Crippen molar-refractivity contribution in [1.82, 2.24) is 5.32 Å². The molecule has 158 valence electrons. The van der Waals surface area contributed by atoms with Crippen molar-refractivity contribution < 1.29 is 33.8 Å². The molecule has 1 aromatic rings. The Bertz CT molecular complexity index is 660. The van der Waals surface area contributed by atoms with Crippen molar-refractivity contribution >= 4 is 34.8 Å². The number of carbonyl (C=O) groups is 3. The number of carboxylic acids is 2. The number of rotatable bonds is 12. The number of nitrogens with zero attached hydrogens (tertiary/aromatic N) is 1. The lowest BCUT2D eigenvalue weighted by Crippen LogP contribution is -2.41. The number of carboxylic acid groups (broad SMARTS) is 2. The Morgan fingerprint density at radius 3 is 2.32 bits per heavy atom. The van der Waals surface area contributed by atoms with Crippen LogP contribution in [0.5, 0.6) is 5.75 Å². The number of para-hydroxylation sites is 1. The molecule has 3 N–H and O–H groups in total. The van der Waals surface area contributed by atoms with Gasteiger partial charge in [-0.25, -0.2) is 4.79 Å². The average molecular weight is 462 g/mol. The number of unbranched alkanes of at least 4 members (excludes halogenated alkanes) is 1. The fraction of sp³-hybridized carbons (Fsp3) is 0.526. The van der Waals surface area contributed by atoms with Crippen molar-refractivity contribution in [3.05, 3.63) is 29.8 Å². The van der Waals surface area contributed by atoms with E-state index in [2.05, 4.69) is 26.5 Å². The highest BCUT2D eigenvalue weighted by atomic mass is 79.9. The maximum absolute atomic E-state index is 12.4. The second-order valence-electron chi connectivity index (χ2n) is 7.36. The number of halogens is 1. The van der Waals surface area contributed by atoms with Gasteiger partial charge in [-0.1, -0.05) is 12.1 Å².